The molecule has 2 aromatic rings. The summed E-state index contributed by atoms with van der Waals surface area (Å²) in [6, 6.07) is 11.6. The number of carbonyl (C=O) groups is 1. The molecule has 0 atom stereocenters. The molecule has 1 aromatic carbocycles. The number of amides is 1. The van der Waals surface area contributed by atoms with Gasteiger partial charge in [0.25, 0.3) is 5.91 Å². The lowest BCUT2D eigenvalue weighted by molar-refractivity contribution is 0.0749. The fourth-order valence-electron chi connectivity index (χ4n) is 1.70. The lowest BCUT2D eigenvalue weighted by Crippen LogP contribution is -2.32. The second-order valence-corrected chi connectivity index (χ2v) is 4.66. The average Bonchev–Trinajstić information content (AvgIpc) is 2.92. The Labute approximate surface area is 114 Å². The van der Waals surface area contributed by atoms with E-state index < -0.39 is 0 Å². The van der Waals surface area contributed by atoms with E-state index in [2.05, 4.69) is 26.1 Å². The van der Waals surface area contributed by atoms with Crippen LogP contribution in [0.1, 0.15) is 16.1 Å². The van der Waals surface area contributed by atoms with Crippen LogP contribution < -0.4 is 0 Å². The van der Waals surface area contributed by atoms with E-state index in [-0.39, 0.29) is 5.91 Å². The van der Waals surface area contributed by atoms with Crippen molar-refractivity contribution in [1.29, 1.82) is 0 Å². The van der Waals surface area contributed by atoms with Gasteiger partial charge in [0, 0.05) is 24.6 Å². The number of carbonyl (C=O) groups excluding carboxylic acids is 1. The molecule has 18 heavy (non-hydrogen) atoms. The summed E-state index contributed by atoms with van der Waals surface area (Å²) in [6.45, 7) is 1.26. The van der Waals surface area contributed by atoms with E-state index in [1.807, 2.05) is 30.3 Å². The maximum atomic E-state index is 12.2. The maximum absolute atomic E-state index is 12.2. The highest BCUT2D eigenvalue weighted by Crippen LogP contribution is 2.08. The molecule has 94 valence electrons. The Morgan fingerprint density at radius 2 is 2.06 bits per heavy atom. The first-order valence-corrected chi connectivity index (χ1v) is 6.82. The van der Waals surface area contributed by atoms with E-state index in [9.17, 15) is 4.79 Å². The van der Waals surface area contributed by atoms with Crippen molar-refractivity contribution in [1.82, 2.24) is 15.1 Å². The summed E-state index contributed by atoms with van der Waals surface area (Å²) >= 11 is 3.38. The van der Waals surface area contributed by atoms with Crippen LogP contribution in [0.3, 0.4) is 0 Å². The predicted octanol–water partition coefficient (Wildman–Crippen LogP) is 2.45. The minimum atomic E-state index is -0.0317. The number of halogens is 1. The van der Waals surface area contributed by atoms with E-state index in [1.165, 1.54) is 0 Å². The largest absolute Gasteiger partial charge is 0.332 e. The summed E-state index contributed by atoms with van der Waals surface area (Å²) in [5.41, 5.74) is 1.64. The van der Waals surface area contributed by atoms with Gasteiger partial charge in [0.2, 0.25) is 0 Å². The van der Waals surface area contributed by atoms with Crippen molar-refractivity contribution in [2.75, 3.05) is 11.9 Å². The van der Waals surface area contributed by atoms with E-state index in [0.717, 1.165) is 10.9 Å². The van der Waals surface area contributed by atoms with Gasteiger partial charge in [0.05, 0.1) is 0 Å². The van der Waals surface area contributed by atoms with Gasteiger partial charge >= 0.3 is 0 Å². The van der Waals surface area contributed by atoms with Gasteiger partial charge in [0.1, 0.15) is 5.69 Å². The lowest BCUT2D eigenvalue weighted by atomic mass is 10.2. The molecule has 2 rings (SSSR count). The first kappa shape index (κ1) is 12.8. The van der Waals surface area contributed by atoms with Crippen LogP contribution in [0.15, 0.2) is 42.6 Å². The van der Waals surface area contributed by atoms with Crippen LogP contribution in [0.4, 0.5) is 0 Å². The zero-order chi connectivity index (χ0) is 12.8. The first-order chi connectivity index (χ1) is 8.81. The zero-order valence-corrected chi connectivity index (χ0v) is 11.4. The predicted molar refractivity (Wildman–Crippen MR) is 73.6 cm³/mol. The second kappa shape index (κ2) is 6.35. The fourth-order valence-corrected chi connectivity index (χ4v) is 2.13. The van der Waals surface area contributed by atoms with Crippen molar-refractivity contribution >= 4 is 21.8 Å². The van der Waals surface area contributed by atoms with Crippen LogP contribution >= 0.6 is 15.9 Å². The van der Waals surface area contributed by atoms with E-state index in [4.69, 9.17) is 0 Å². The van der Waals surface area contributed by atoms with Crippen LogP contribution in [-0.2, 0) is 6.54 Å². The van der Waals surface area contributed by atoms with Gasteiger partial charge in [-0.1, -0.05) is 46.3 Å². The number of benzene rings is 1. The van der Waals surface area contributed by atoms with Gasteiger partial charge in [-0.25, -0.2) is 0 Å². The molecule has 0 aliphatic heterocycles. The number of rotatable bonds is 5. The highest BCUT2D eigenvalue weighted by molar-refractivity contribution is 9.09. The normalized spacial score (nSPS) is 10.3. The summed E-state index contributed by atoms with van der Waals surface area (Å²) < 4.78 is 0. The molecule has 1 amide bonds. The van der Waals surface area contributed by atoms with Crippen LogP contribution in [0.25, 0.3) is 0 Å². The van der Waals surface area contributed by atoms with Crippen LogP contribution in [0.2, 0.25) is 0 Å². The standard InChI is InChI=1S/C13H14BrN3O/c14-7-9-17(10-11-4-2-1-3-5-11)13(18)12-6-8-15-16-12/h1-6,8H,7,9-10H2,(H,15,16). The highest BCUT2D eigenvalue weighted by atomic mass is 79.9. The van der Waals surface area contributed by atoms with E-state index >= 15 is 0 Å². The van der Waals surface area contributed by atoms with Crippen molar-refractivity contribution in [3.63, 3.8) is 0 Å². The Balaban J connectivity index is 2.11. The maximum Gasteiger partial charge on any atom is 0.272 e. The van der Waals surface area contributed by atoms with Gasteiger partial charge in [0.15, 0.2) is 0 Å². The fraction of sp³-hybridized carbons (Fsp3) is 0.231. The number of nitrogens with zero attached hydrogens (tertiary/aromatic N) is 2. The Hall–Kier alpha value is -1.62. The minimum Gasteiger partial charge on any atom is -0.332 e. The van der Waals surface area contributed by atoms with Crippen LogP contribution in [-0.4, -0.2) is 32.9 Å². The van der Waals surface area contributed by atoms with Gasteiger partial charge in [-0.05, 0) is 11.6 Å². The number of aromatic nitrogens is 2. The molecule has 0 aliphatic carbocycles. The Bertz CT molecular complexity index is 484. The first-order valence-electron chi connectivity index (χ1n) is 5.70. The molecule has 0 spiro atoms. The summed E-state index contributed by atoms with van der Waals surface area (Å²) in [7, 11) is 0. The van der Waals surface area contributed by atoms with Gasteiger partial charge in [-0.15, -0.1) is 0 Å². The Morgan fingerprint density at radius 3 is 2.67 bits per heavy atom. The van der Waals surface area contributed by atoms with Crippen molar-refractivity contribution in [3.05, 3.63) is 53.9 Å². The second-order valence-electron chi connectivity index (χ2n) is 3.87. The monoisotopic (exact) mass is 307 g/mol. The molecule has 0 unspecified atom stereocenters. The van der Waals surface area contributed by atoms with Crippen molar-refractivity contribution in [3.8, 4) is 0 Å². The number of hydrogen-bond acceptors (Lipinski definition) is 2. The topological polar surface area (TPSA) is 49.0 Å². The molecule has 5 heteroatoms. The third kappa shape index (κ3) is 3.20. The van der Waals surface area contributed by atoms with Gasteiger partial charge < -0.3 is 4.90 Å². The zero-order valence-electron chi connectivity index (χ0n) is 9.84. The molecule has 0 bridgehead atoms. The van der Waals surface area contributed by atoms with Crippen LogP contribution in [0, 0.1) is 0 Å². The molecule has 0 saturated carbocycles. The van der Waals surface area contributed by atoms with Crippen LogP contribution in [0.5, 0.6) is 0 Å². The summed E-state index contributed by atoms with van der Waals surface area (Å²) in [5.74, 6) is -0.0317. The molecule has 0 aliphatic rings. The van der Waals surface area contributed by atoms with E-state index in [1.54, 1.807) is 17.2 Å². The minimum absolute atomic E-state index is 0.0317. The summed E-state index contributed by atoms with van der Waals surface area (Å²) in [4.78, 5) is 14.0. The molecule has 0 fully saturated rings. The molecule has 4 nitrogen and oxygen atoms in total. The molecular weight excluding hydrogens is 294 g/mol. The summed E-state index contributed by atoms with van der Waals surface area (Å²) in [6.07, 6.45) is 1.59. The number of nitrogens with one attached hydrogen (secondary N) is 1. The smallest absolute Gasteiger partial charge is 0.272 e. The Morgan fingerprint density at radius 1 is 1.28 bits per heavy atom. The van der Waals surface area contributed by atoms with Gasteiger partial charge in [-0.3, -0.25) is 9.89 Å². The van der Waals surface area contributed by atoms with Crippen molar-refractivity contribution < 1.29 is 4.79 Å². The number of hydrogen-bond donors (Lipinski definition) is 1. The number of aromatic amines is 1. The molecule has 0 radical (unpaired) electrons. The summed E-state index contributed by atoms with van der Waals surface area (Å²) in [5, 5.41) is 7.26. The van der Waals surface area contributed by atoms with E-state index in [0.29, 0.717) is 18.8 Å². The highest BCUT2D eigenvalue weighted by Gasteiger charge is 2.16. The molecule has 0 saturated heterocycles. The quantitative estimate of drug-likeness (QED) is 0.863. The third-order valence-electron chi connectivity index (χ3n) is 2.59. The lowest BCUT2D eigenvalue weighted by Gasteiger charge is -2.21. The average molecular weight is 308 g/mol. The third-order valence-corrected chi connectivity index (χ3v) is 2.94. The number of H-pyrrole nitrogens is 1. The molecule has 1 aromatic heterocycles. The number of alkyl halides is 1. The molecule has 1 heterocycles. The SMILES string of the molecule is O=C(c1ccn[nH]1)N(CCBr)Cc1ccccc1. The molecular formula is C13H14BrN3O. The van der Waals surface area contributed by atoms with Crippen molar-refractivity contribution in [2.45, 2.75) is 6.54 Å². The van der Waals surface area contributed by atoms with Gasteiger partial charge in [-0.2, -0.15) is 5.10 Å². The Kier molecular flexibility index (Phi) is 4.52. The molecule has 1 N–H and O–H groups in total. The van der Waals surface area contributed by atoms with Crippen molar-refractivity contribution in [2.24, 2.45) is 0 Å².